The van der Waals surface area contributed by atoms with Gasteiger partial charge in [0.25, 0.3) is 5.91 Å². The van der Waals surface area contributed by atoms with Gasteiger partial charge in [0, 0.05) is 37.9 Å². The smallest absolute Gasteiger partial charge is 0.258 e. The summed E-state index contributed by atoms with van der Waals surface area (Å²) in [6, 6.07) is 12.3. The van der Waals surface area contributed by atoms with E-state index in [4.69, 9.17) is 46.9 Å². The van der Waals surface area contributed by atoms with Crippen LogP contribution >= 0.6 is 23.2 Å². The Morgan fingerprint density at radius 3 is 2.38 bits per heavy atom. The lowest BCUT2D eigenvalue weighted by Crippen LogP contribution is -2.43. The number of amides is 2. The number of carbonyl (C=O) groups is 2. The van der Waals surface area contributed by atoms with Crippen molar-refractivity contribution in [1.29, 1.82) is 0 Å². The molecular weight excluding hydrogens is 837 g/mol. The number of benzene rings is 2. The molecule has 1 saturated heterocycles. The van der Waals surface area contributed by atoms with E-state index in [1.165, 1.54) is 6.20 Å². The first-order valence-corrected chi connectivity index (χ1v) is 22.8. The fourth-order valence-electron chi connectivity index (χ4n) is 6.70. The topological polar surface area (TPSA) is 183 Å². The van der Waals surface area contributed by atoms with Crippen LogP contribution in [0.2, 0.25) is 5.02 Å². The monoisotopic (exact) mass is 893 g/mol. The molecule has 3 heterocycles. The molecule has 2 aliphatic heterocycles. The van der Waals surface area contributed by atoms with Crippen LogP contribution in [0.15, 0.2) is 53.6 Å². The maximum absolute atomic E-state index is 12.9. The summed E-state index contributed by atoms with van der Waals surface area (Å²) in [6.45, 7) is 10.3. The van der Waals surface area contributed by atoms with E-state index in [-0.39, 0.29) is 40.3 Å². The third-order valence-electron chi connectivity index (χ3n) is 9.84. The number of rotatable bonds is 25. The number of hydrogen-bond donors (Lipinski definition) is 3. The van der Waals surface area contributed by atoms with Crippen molar-refractivity contribution in [3.8, 4) is 5.75 Å². The van der Waals surface area contributed by atoms with Gasteiger partial charge in [0.2, 0.25) is 11.9 Å². The van der Waals surface area contributed by atoms with Crippen LogP contribution in [0, 0.1) is 0 Å². The lowest BCUT2D eigenvalue weighted by molar-refractivity contribution is -0.123. The minimum Gasteiger partial charge on any atom is -0.484 e. The summed E-state index contributed by atoms with van der Waals surface area (Å²) in [7, 11) is -3.53. The van der Waals surface area contributed by atoms with E-state index in [9.17, 15) is 18.0 Å². The summed E-state index contributed by atoms with van der Waals surface area (Å²) in [5.41, 5.74) is 2.25. The SMILES string of the molecule is CC(C)S(=O)(=O)c1ccccc1Nc1nc(N[C@@H]2CCCN(CCOCCOCCOCCOCCNC(=O)COc3ccc4c(c3)CCCN4C(=O)CCl)C2)ncc1Cl. The number of nitrogens with zero attached hydrogens (tertiary/aromatic N) is 4. The van der Waals surface area contributed by atoms with Crippen LogP contribution in [0.1, 0.15) is 38.7 Å². The highest BCUT2D eigenvalue weighted by Gasteiger charge is 2.25. The van der Waals surface area contributed by atoms with Crippen molar-refractivity contribution in [1.82, 2.24) is 20.2 Å². The number of piperidine rings is 1. The van der Waals surface area contributed by atoms with Gasteiger partial charge in [-0.1, -0.05) is 23.7 Å². The van der Waals surface area contributed by atoms with Gasteiger partial charge < -0.3 is 44.5 Å². The maximum atomic E-state index is 12.9. The van der Waals surface area contributed by atoms with E-state index in [2.05, 4.69) is 30.8 Å². The summed E-state index contributed by atoms with van der Waals surface area (Å²) in [5.74, 6) is 0.872. The van der Waals surface area contributed by atoms with Gasteiger partial charge in [0.1, 0.15) is 16.7 Å². The number of ether oxygens (including phenoxy) is 5. The number of aromatic nitrogens is 2. The number of anilines is 4. The van der Waals surface area contributed by atoms with E-state index in [0.29, 0.717) is 89.1 Å². The average Bonchev–Trinajstić information content (AvgIpc) is 3.25. The van der Waals surface area contributed by atoms with E-state index < -0.39 is 15.1 Å². The van der Waals surface area contributed by atoms with Crippen LogP contribution < -0.4 is 25.6 Å². The molecule has 16 nitrogen and oxygen atoms in total. The Morgan fingerprint density at radius 1 is 0.933 bits per heavy atom. The van der Waals surface area contributed by atoms with E-state index in [0.717, 1.165) is 56.6 Å². The number of aryl methyl sites for hydroxylation is 1. The molecule has 60 heavy (non-hydrogen) atoms. The molecule has 0 saturated carbocycles. The zero-order valence-electron chi connectivity index (χ0n) is 34.3. The first kappa shape index (κ1) is 47.2. The number of likely N-dealkylation sites (tertiary alicyclic amines) is 1. The lowest BCUT2D eigenvalue weighted by atomic mass is 10.0. The molecular formula is C41H57Cl2N7O9S. The highest BCUT2D eigenvalue weighted by molar-refractivity contribution is 7.92. The predicted molar refractivity (Wildman–Crippen MR) is 232 cm³/mol. The molecule has 2 aromatic carbocycles. The Labute approximate surface area is 362 Å². The molecule has 1 atom stereocenters. The number of para-hydroxylation sites is 1. The largest absolute Gasteiger partial charge is 0.484 e. The molecule has 330 valence electrons. The molecule has 3 N–H and O–H groups in total. The number of alkyl halides is 1. The van der Waals surface area contributed by atoms with Gasteiger partial charge in [-0.15, -0.1) is 11.6 Å². The van der Waals surface area contributed by atoms with Crippen molar-refractivity contribution in [2.75, 3.05) is 114 Å². The molecule has 1 fully saturated rings. The fourth-order valence-corrected chi connectivity index (χ4v) is 8.18. The van der Waals surface area contributed by atoms with Gasteiger partial charge in [-0.25, -0.2) is 13.4 Å². The quantitative estimate of drug-likeness (QED) is 0.0786. The Bertz CT molecular complexity index is 1950. The molecule has 0 bridgehead atoms. The zero-order valence-corrected chi connectivity index (χ0v) is 36.7. The minimum absolute atomic E-state index is 0.0609. The van der Waals surface area contributed by atoms with Crippen LogP contribution in [-0.2, 0) is 44.8 Å². The summed E-state index contributed by atoms with van der Waals surface area (Å²) in [4.78, 5) is 37.5. The highest BCUT2D eigenvalue weighted by atomic mass is 35.5. The normalized spacial score (nSPS) is 15.8. The van der Waals surface area contributed by atoms with Gasteiger partial charge in [-0.2, -0.15) is 4.98 Å². The molecule has 0 aliphatic carbocycles. The molecule has 2 amide bonds. The molecule has 3 aromatic rings. The Balaban J connectivity index is 0.851. The third-order valence-corrected chi connectivity index (χ3v) is 12.6. The van der Waals surface area contributed by atoms with E-state index in [1.807, 2.05) is 12.1 Å². The van der Waals surface area contributed by atoms with Gasteiger partial charge in [-0.05, 0) is 82.0 Å². The van der Waals surface area contributed by atoms with Crippen LogP contribution in [0.25, 0.3) is 0 Å². The summed E-state index contributed by atoms with van der Waals surface area (Å²) >= 11 is 12.2. The number of fused-ring (bicyclic) bond motifs is 1. The molecule has 0 unspecified atom stereocenters. The second-order valence-corrected chi connectivity index (χ2v) is 17.7. The van der Waals surface area contributed by atoms with Gasteiger partial charge in [-0.3, -0.25) is 14.5 Å². The molecule has 0 spiro atoms. The third kappa shape index (κ3) is 14.7. The standard InChI is InChI=1S/C41H57Cl2N7O9S/c1-30(2)60(53,54)37-10-4-3-9-35(37)47-40-34(43)27-45-41(48-40)46-32-8-6-14-49(28-32)16-18-56-20-22-58-24-23-57-21-19-55-17-13-44-38(51)29-59-33-11-12-36-31(25-33)7-5-15-50(36)39(52)26-42/h3-4,9-12,25,27,30,32H,5-8,13-24,26,28-29H2,1-2H3,(H,44,51)(H2,45,46,47,48)/t32-/m1/s1. The average molecular weight is 895 g/mol. The summed E-state index contributed by atoms with van der Waals surface area (Å²) in [5, 5.41) is 8.99. The van der Waals surface area contributed by atoms with Crippen molar-refractivity contribution in [3.05, 3.63) is 59.2 Å². The lowest BCUT2D eigenvalue weighted by Gasteiger charge is -2.33. The second-order valence-electron chi connectivity index (χ2n) is 14.6. The number of nitrogens with one attached hydrogen (secondary N) is 3. The Hall–Kier alpha value is -3.81. The minimum atomic E-state index is -3.53. The number of sulfone groups is 1. The number of hydrogen-bond acceptors (Lipinski definition) is 14. The van der Waals surface area contributed by atoms with Crippen molar-refractivity contribution in [2.24, 2.45) is 0 Å². The van der Waals surface area contributed by atoms with Crippen molar-refractivity contribution in [2.45, 2.75) is 55.7 Å². The van der Waals surface area contributed by atoms with Crippen molar-refractivity contribution >= 4 is 68.0 Å². The summed E-state index contributed by atoms with van der Waals surface area (Å²) in [6.07, 6.45) is 5.15. The predicted octanol–water partition coefficient (Wildman–Crippen LogP) is 4.71. The van der Waals surface area contributed by atoms with E-state index in [1.54, 1.807) is 49.1 Å². The Kier molecular flexibility index (Phi) is 19.4. The zero-order chi connectivity index (χ0) is 42.7. The molecule has 1 aromatic heterocycles. The van der Waals surface area contributed by atoms with Gasteiger partial charge in [0.15, 0.2) is 22.3 Å². The Morgan fingerprint density at radius 2 is 1.65 bits per heavy atom. The van der Waals surface area contributed by atoms with Gasteiger partial charge in [0.05, 0.1) is 74.9 Å². The first-order chi connectivity index (χ1) is 29.0. The second kappa shape index (κ2) is 24.6. The van der Waals surface area contributed by atoms with Crippen LogP contribution in [0.5, 0.6) is 5.75 Å². The molecule has 0 radical (unpaired) electrons. The molecule has 2 aliphatic rings. The molecule has 5 rings (SSSR count). The first-order valence-electron chi connectivity index (χ1n) is 20.4. The summed E-state index contributed by atoms with van der Waals surface area (Å²) < 4.78 is 54.0. The van der Waals surface area contributed by atoms with Crippen molar-refractivity contribution in [3.63, 3.8) is 0 Å². The highest BCUT2D eigenvalue weighted by Crippen LogP contribution is 2.32. The molecule has 19 heteroatoms. The van der Waals surface area contributed by atoms with Crippen LogP contribution in [0.3, 0.4) is 0 Å². The number of carbonyl (C=O) groups excluding carboxylic acids is 2. The van der Waals surface area contributed by atoms with Crippen LogP contribution in [0.4, 0.5) is 23.1 Å². The van der Waals surface area contributed by atoms with E-state index >= 15 is 0 Å². The maximum Gasteiger partial charge on any atom is 0.258 e. The van der Waals surface area contributed by atoms with Gasteiger partial charge >= 0.3 is 0 Å². The fraction of sp³-hybridized carbons (Fsp3) is 0.561. The number of halogens is 2. The van der Waals surface area contributed by atoms with Crippen LogP contribution in [-0.4, -0.2) is 144 Å². The van der Waals surface area contributed by atoms with Crippen molar-refractivity contribution < 1.29 is 41.7 Å².